The lowest BCUT2D eigenvalue weighted by Gasteiger charge is -2.55. The van der Waals surface area contributed by atoms with E-state index < -0.39 is 5.41 Å². The summed E-state index contributed by atoms with van der Waals surface area (Å²) in [6.07, 6.45) is 4.00. The zero-order valence-electron chi connectivity index (χ0n) is 18.1. The normalized spacial score (nSPS) is 25.8. The van der Waals surface area contributed by atoms with Crippen LogP contribution in [0.4, 0.5) is 4.79 Å². The molecule has 0 saturated carbocycles. The van der Waals surface area contributed by atoms with Crippen molar-refractivity contribution >= 4 is 11.9 Å². The van der Waals surface area contributed by atoms with E-state index in [9.17, 15) is 4.79 Å². The molecule has 1 N–H and O–H groups in total. The standard InChI is InChI=1S/C23H36N4O/c1-17(2)26(18(3)4)16-14-23(19-11-7-6-8-12-19)20-13-9-10-15-27(20)22(28)25(5)21(23)24/h6-8,11-12,17-18,20,24H,9-10,13-16H2,1-5H3/t20-,23+/m1/s1. The van der Waals surface area contributed by atoms with Gasteiger partial charge in [0.05, 0.1) is 11.5 Å². The minimum atomic E-state index is -0.452. The summed E-state index contributed by atoms with van der Waals surface area (Å²) in [6.45, 7) is 10.7. The van der Waals surface area contributed by atoms with Crippen LogP contribution in [0.5, 0.6) is 0 Å². The van der Waals surface area contributed by atoms with Crippen molar-refractivity contribution in [3.63, 3.8) is 0 Å². The summed E-state index contributed by atoms with van der Waals surface area (Å²) in [6, 6.07) is 11.4. The summed E-state index contributed by atoms with van der Waals surface area (Å²) in [5.74, 6) is 0.458. The number of hydrogen-bond acceptors (Lipinski definition) is 3. The van der Waals surface area contributed by atoms with Gasteiger partial charge < -0.3 is 4.90 Å². The fraction of sp³-hybridized carbons (Fsp3) is 0.652. The number of amidine groups is 1. The number of carbonyl (C=O) groups is 1. The Hall–Kier alpha value is -1.88. The predicted octanol–water partition coefficient (Wildman–Crippen LogP) is 4.33. The molecule has 1 aromatic carbocycles. The Labute approximate surface area is 170 Å². The van der Waals surface area contributed by atoms with Gasteiger partial charge in [-0.2, -0.15) is 0 Å². The third-order valence-corrected chi connectivity index (χ3v) is 6.74. The molecule has 2 aliphatic heterocycles. The van der Waals surface area contributed by atoms with Gasteiger partial charge in [-0.25, -0.2) is 4.79 Å². The van der Waals surface area contributed by atoms with Gasteiger partial charge in [-0.3, -0.25) is 15.2 Å². The number of hydrogen-bond donors (Lipinski definition) is 1. The van der Waals surface area contributed by atoms with Crippen molar-refractivity contribution in [2.24, 2.45) is 0 Å². The molecule has 1 aromatic rings. The van der Waals surface area contributed by atoms with Crippen LogP contribution in [0.25, 0.3) is 0 Å². The van der Waals surface area contributed by atoms with E-state index in [-0.39, 0.29) is 12.1 Å². The highest BCUT2D eigenvalue weighted by molar-refractivity contribution is 6.05. The van der Waals surface area contributed by atoms with Gasteiger partial charge in [-0.1, -0.05) is 30.3 Å². The molecule has 0 aliphatic carbocycles. The maximum absolute atomic E-state index is 12.9. The van der Waals surface area contributed by atoms with E-state index in [1.165, 1.54) is 5.56 Å². The van der Waals surface area contributed by atoms with E-state index in [1.807, 2.05) is 11.0 Å². The third-order valence-electron chi connectivity index (χ3n) is 6.74. The number of nitrogens with zero attached hydrogens (tertiary/aromatic N) is 3. The molecular formula is C23H36N4O. The first kappa shape index (κ1) is 20.8. The van der Waals surface area contributed by atoms with Crippen LogP contribution < -0.4 is 0 Å². The number of carbonyl (C=O) groups excluding carboxylic acids is 1. The van der Waals surface area contributed by atoms with Crippen molar-refractivity contribution in [3.05, 3.63) is 35.9 Å². The molecule has 154 valence electrons. The average molecular weight is 385 g/mol. The van der Waals surface area contributed by atoms with Gasteiger partial charge in [0.1, 0.15) is 5.84 Å². The van der Waals surface area contributed by atoms with Gasteiger partial charge in [0.2, 0.25) is 0 Å². The quantitative estimate of drug-likeness (QED) is 0.794. The number of amides is 2. The molecule has 2 amide bonds. The molecule has 0 radical (unpaired) electrons. The lowest BCUT2D eigenvalue weighted by molar-refractivity contribution is 0.0732. The minimum Gasteiger partial charge on any atom is -0.320 e. The Morgan fingerprint density at radius 1 is 1.14 bits per heavy atom. The number of nitrogens with one attached hydrogen (secondary N) is 1. The highest BCUT2D eigenvalue weighted by Gasteiger charge is 2.55. The van der Waals surface area contributed by atoms with Gasteiger partial charge in [-0.05, 0) is 58.9 Å². The number of benzene rings is 1. The van der Waals surface area contributed by atoms with Gasteiger partial charge >= 0.3 is 6.03 Å². The van der Waals surface area contributed by atoms with Gasteiger partial charge in [0, 0.05) is 32.2 Å². The van der Waals surface area contributed by atoms with Gasteiger partial charge in [-0.15, -0.1) is 0 Å². The fourth-order valence-corrected chi connectivity index (χ4v) is 5.33. The predicted molar refractivity (Wildman–Crippen MR) is 115 cm³/mol. The summed E-state index contributed by atoms with van der Waals surface area (Å²) >= 11 is 0. The molecule has 0 unspecified atom stereocenters. The van der Waals surface area contributed by atoms with E-state index >= 15 is 0 Å². The Morgan fingerprint density at radius 3 is 2.39 bits per heavy atom. The molecule has 0 bridgehead atoms. The van der Waals surface area contributed by atoms with Crippen molar-refractivity contribution in [2.45, 2.75) is 76.9 Å². The van der Waals surface area contributed by atoms with Crippen LogP contribution >= 0.6 is 0 Å². The number of piperidine rings is 1. The molecule has 0 spiro atoms. The third kappa shape index (κ3) is 3.45. The van der Waals surface area contributed by atoms with Crippen LogP contribution in [-0.4, -0.2) is 64.8 Å². The summed E-state index contributed by atoms with van der Waals surface area (Å²) in [7, 11) is 1.77. The van der Waals surface area contributed by atoms with E-state index in [1.54, 1.807) is 11.9 Å². The monoisotopic (exact) mass is 384 g/mol. The van der Waals surface area contributed by atoms with E-state index in [2.05, 4.69) is 56.9 Å². The molecule has 2 aliphatic rings. The van der Waals surface area contributed by atoms with Crippen molar-refractivity contribution in [1.29, 1.82) is 5.41 Å². The summed E-state index contributed by atoms with van der Waals surface area (Å²) in [5.41, 5.74) is 0.718. The van der Waals surface area contributed by atoms with Crippen LogP contribution in [0, 0.1) is 5.41 Å². The number of rotatable bonds is 6. The van der Waals surface area contributed by atoms with Crippen molar-refractivity contribution in [2.75, 3.05) is 20.1 Å². The highest BCUT2D eigenvalue weighted by Crippen LogP contribution is 2.44. The largest absolute Gasteiger partial charge is 0.325 e. The first-order chi connectivity index (χ1) is 13.3. The van der Waals surface area contributed by atoms with E-state index in [0.29, 0.717) is 17.9 Å². The Morgan fingerprint density at radius 2 is 1.79 bits per heavy atom. The Kier molecular flexibility index (Phi) is 6.13. The highest BCUT2D eigenvalue weighted by atomic mass is 16.2. The maximum Gasteiger partial charge on any atom is 0.325 e. The second-order valence-corrected chi connectivity index (χ2v) is 8.91. The average Bonchev–Trinajstić information content (AvgIpc) is 2.69. The minimum absolute atomic E-state index is 0.00849. The molecule has 3 rings (SSSR count). The molecule has 28 heavy (non-hydrogen) atoms. The maximum atomic E-state index is 12.9. The molecule has 2 saturated heterocycles. The zero-order chi connectivity index (χ0) is 20.5. The topological polar surface area (TPSA) is 50.6 Å². The fourth-order valence-electron chi connectivity index (χ4n) is 5.33. The smallest absolute Gasteiger partial charge is 0.320 e. The number of likely N-dealkylation sites (N-methyl/N-ethyl adjacent to an activating group) is 1. The molecule has 2 heterocycles. The Bertz CT molecular complexity index is 694. The molecule has 5 heteroatoms. The number of urea groups is 1. The van der Waals surface area contributed by atoms with Crippen LogP contribution in [0.3, 0.4) is 0 Å². The molecule has 2 fully saturated rings. The van der Waals surface area contributed by atoms with Crippen molar-refractivity contribution in [1.82, 2.24) is 14.7 Å². The van der Waals surface area contributed by atoms with Crippen molar-refractivity contribution in [3.8, 4) is 0 Å². The number of fused-ring (bicyclic) bond motifs is 1. The van der Waals surface area contributed by atoms with E-state index in [4.69, 9.17) is 5.41 Å². The second kappa shape index (κ2) is 8.24. The van der Waals surface area contributed by atoms with Gasteiger partial charge in [0.25, 0.3) is 0 Å². The van der Waals surface area contributed by atoms with Gasteiger partial charge in [0.15, 0.2) is 0 Å². The molecule has 5 nitrogen and oxygen atoms in total. The SMILES string of the molecule is CC(C)N(CC[C@@]1(c2ccccc2)C(=N)N(C)C(=O)N2CCCC[C@@H]21)C(C)C. The van der Waals surface area contributed by atoms with Crippen LogP contribution in [0.2, 0.25) is 0 Å². The molecular weight excluding hydrogens is 348 g/mol. The lowest BCUT2D eigenvalue weighted by Crippen LogP contribution is -2.69. The summed E-state index contributed by atoms with van der Waals surface area (Å²) in [5, 5.41) is 9.11. The Balaban J connectivity index is 2.07. The van der Waals surface area contributed by atoms with E-state index in [0.717, 1.165) is 38.8 Å². The summed E-state index contributed by atoms with van der Waals surface area (Å²) < 4.78 is 0. The zero-order valence-corrected chi connectivity index (χ0v) is 18.1. The summed E-state index contributed by atoms with van der Waals surface area (Å²) in [4.78, 5) is 19.1. The molecule has 0 aromatic heterocycles. The first-order valence-corrected chi connectivity index (χ1v) is 10.7. The van der Waals surface area contributed by atoms with Crippen LogP contribution in [0.15, 0.2) is 30.3 Å². The molecule has 2 atom stereocenters. The lowest BCUT2D eigenvalue weighted by atomic mass is 9.66. The van der Waals surface area contributed by atoms with Crippen LogP contribution in [-0.2, 0) is 5.41 Å². The first-order valence-electron chi connectivity index (χ1n) is 10.7. The van der Waals surface area contributed by atoms with Crippen molar-refractivity contribution < 1.29 is 4.79 Å². The second-order valence-electron chi connectivity index (χ2n) is 8.91. The van der Waals surface area contributed by atoms with Crippen LogP contribution in [0.1, 0.15) is 58.9 Å².